The van der Waals surface area contributed by atoms with E-state index < -0.39 is 30.8 Å². The molecule has 106 valence electrons. The Morgan fingerprint density at radius 3 is 1.95 bits per heavy atom. The molecule has 0 aliphatic carbocycles. The van der Waals surface area contributed by atoms with Gasteiger partial charge in [0.15, 0.2) is 0 Å². The van der Waals surface area contributed by atoms with E-state index in [1.54, 1.807) is 12.1 Å². The van der Waals surface area contributed by atoms with Crippen molar-refractivity contribution in [1.29, 1.82) is 0 Å². The zero-order valence-electron chi connectivity index (χ0n) is 10.5. The smallest absolute Gasteiger partial charge is 0.254 e. The first-order valence-corrected chi connectivity index (χ1v) is 5.98. The second-order valence-electron chi connectivity index (χ2n) is 4.04. The van der Waals surface area contributed by atoms with E-state index in [1.165, 1.54) is 12.1 Å². The Morgan fingerprint density at radius 2 is 1.50 bits per heavy atom. The maximum atomic E-state index is 12.2. The molecule has 0 aliphatic rings. The van der Waals surface area contributed by atoms with Gasteiger partial charge in [-0.05, 0) is 12.1 Å². The molecule has 0 fully saturated rings. The predicted octanol–water partition coefficient (Wildman–Crippen LogP) is -1.27. The fourth-order valence-corrected chi connectivity index (χ4v) is 1.69. The van der Waals surface area contributed by atoms with Crippen LogP contribution in [0.3, 0.4) is 0 Å². The van der Waals surface area contributed by atoms with Crippen molar-refractivity contribution in [1.82, 2.24) is 4.90 Å². The predicted molar refractivity (Wildman–Crippen MR) is 76.6 cm³/mol. The maximum absolute atomic E-state index is 12.2. The van der Waals surface area contributed by atoms with Gasteiger partial charge in [0, 0.05) is 11.1 Å². The molecule has 20 heavy (non-hydrogen) atoms. The molecule has 0 radical (unpaired) electrons. The molecule has 0 heterocycles. The van der Waals surface area contributed by atoms with Gasteiger partial charge in [0.1, 0.15) is 18.1 Å². The van der Waals surface area contributed by atoms with Gasteiger partial charge in [-0.15, -0.1) is 0 Å². The maximum Gasteiger partial charge on any atom is 0.254 e. The minimum absolute atomic E-state index is 0.135. The van der Waals surface area contributed by atoms with Crippen LogP contribution in [0.5, 0.6) is 0 Å². The van der Waals surface area contributed by atoms with Crippen LogP contribution in [-0.4, -0.2) is 40.7 Å². The number of thiocarbonyl (C=S) groups is 1. The molecule has 8 heteroatoms. The zero-order chi connectivity index (χ0) is 15.3. The molecule has 0 saturated heterocycles. The highest BCUT2D eigenvalue weighted by molar-refractivity contribution is 7.80. The SMILES string of the molecule is NC(=O)CN(CC(N)=O)C(=O)c1cccc(C(N)=S)c1. The van der Waals surface area contributed by atoms with E-state index in [0.717, 1.165) is 4.90 Å². The third-order valence-corrected chi connectivity index (χ3v) is 2.61. The highest BCUT2D eigenvalue weighted by Crippen LogP contribution is 2.08. The summed E-state index contributed by atoms with van der Waals surface area (Å²) in [6.45, 7) is -0.807. The lowest BCUT2D eigenvalue weighted by molar-refractivity contribution is -0.121. The summed E-state index contributed by atoms with van der Waals surface area (Å²) in [7, 11) is 0. The summed E-state index contributed by atoms with van der Waals surface area (Å²) in [6, 6.07) is 6.22. The van der Waals surface area contributed by atoms with E-state index in [-0.39, 0.29) is 10.6 Å². The number of benzene rings is 1. The zero-order valence-corrected chi connectivity index (χ0v) is 11.4. The number of amides is 3. The molecule has 7 nitrogen and oxygen atoms in total. The summed E-state index contributed by atoms with van der Waals surface area (Å²) in [6.07, 6.45) is 0. The Bertz CT molecular complexity index is 558. The van der Waals surface area contributed by atoms with Crippen LogP contribution in [0.2, 0.25) is 0 Å². The van der Waals surface area contributed by atoms with Crippen molar-refractivity contribution in [3.8, 4) is 0 Å². The van der Waals surface area contributed by atoms with E-state index in [0.29, 0.717) is 5.56 Å². The monoisotopic (exact) mass is 294 g/mol. The summed E-state index contributed by atoms with van der Waals surface area (Å²) in [5, 5.41) is 0. The van der Waals surface area contributed by atoms with E-state index in [9.17, 15) is 14.4 Å². The molecule has 1 rings (SSSR count). The largest absolute Gasteiger partial charge is 0.389 e. The summed E-state index contributed by atoms with van der Waals surface area (Å²) in [5.74, 6) is -2.05. The number of rotatable bonds is 6. The lowest BCUT2D eigenvalue weighted by atomic mass is 10.1. The van der Waals surface area contributed by atoms with Crippen molar-refractivity contribution in [3.05, 3.63) is 35.4 Å². The van der Waals surface area contributed by atoms with Gasteiger partial charge in [-0.1, -0.05) is 24.4 Å². The normalized spacial score (nSPS) is 9.80. The minimum Gasteiger partial charge on any atom is -0.389 e. The summed E-state index contributed by atoms with van der Waals surface area (Å²) in [5.41, 5.74) is 16.3. The molecule has 0 saturated carbocycles. The van der Waals surface area contributed by atoms with Crippen LogP contribution in [0.1, 0.15) is 15.9 Å². The number of carbonyl (C=O) groups excluding carboxylic acids is 3. The molecular formula is C12H14N4O3S. The lowest BCUT2D eigenvalue weighted by Crippen LogP contribution is -2.43. The first kappa shape index (κ1) is 15.6. The average molecular weight is 294 g/mol. The standard InChI is InChI=1S/C12H14N4O3S/c13-9(17)5-16(6-10(14)18)12(19)8-3-1-2-7(4-8)11(15)20/h1-4H,5-6H2,(H2,13,17)(H2,14,18)(H2,15,20). The van der Waals surface area contributed by atoms with E-state index in [4.69, 9.17) is 29.4 Å². The molecule has 0 aliphatic heterocycles. The van der Waals surface area contributed by atoms with Crippen molar-refractivity contribution in [2.75, 3.05) is 13.1 Å². The summed E-state index contributed by atoms with van der Waals surface area (Å²) >= 11 is 4.82. The van der Waals surface area contributed by atoms with E-state index in [2.05, 4.69) is 0 Å². The van der Waals surface area contributed by atoms with Gasteiger partial charge in [-0.2, -0.15) is 0 Å². The van der Waals surface area contributed by atoms with Gasteiger partial charge in [-0.25, -0.2) is 0 Å². The Balaban J connectivity index is 3.04. The van der Waals surface area contributed by atoms with Crippen LogP contribution >= 0.6 is 12.2 Å². The first-order valence-electron chi connectivity index (χ1n) is 5.57. The lowest BCUT2D eigenvalue weighted by Gasteiger charge is -2.19. The second kappa shape index (κ2) is 6.62. The quantitative estimate of drug-likeness (QED) is 0.563. The van der Waals surface area contributed by atoms with Crippen molar-refractivity contribution in [2.45, 2.75) is 0 Å². The van der Waals surface area contributed by atoms with Gasteiger partial charge in [0.25, 0.3) is 5.91 Å². The molecule has 3 amide bonds. The third kappa shape index (κ3) is 4.32. The number of nitrogens with zero attached hydrogens (tertiary/aromatic N) is 1. The molecule has 1 aromatic carbocycles. The second-order valence-corrected chi connectivity index (χ2v) is 4.48. The molecule has 0 unspecified atom stereocenters. The molecule has 0 atom stereocenters. The van der Waals surface area contributed by atoms with E-state index in [1.807, 2.05) is 0 Å². The first-order chi connectivity index (χ1) is 9.31. The third-order valence-electron chi connectivity index (χ3n) is 2.37. The van der Waals surface area contributed by atoms with Crippen molar-refractivity contribution in [2.24, 2.45) is 17.2 Å². The topological polar surface area (TPSA) is 133 Å². The van der Waals surface area contributed by atoms with Crippen LogP contribution < -0.4 is 17.2 Å². The number of carbonyl (C=O) groups is 3. The van der Waals surface area contributed by atoms with Gasteiger partial charge >= 0.3 is 0 Å². The van der Waals surface area contributed by atoms with Crippen LogP contribution in [0, 0.1) is 0 Å². The molecule has 6 N–H and O–H groups in total. The van der Waals surface area contributed by atoms with Gasteiger partial charge in [0.05, 0.1) is 0 Å². The molecule has 1 aromatic rings. The summed E-state index contributed by atoms with van der Waals surface area (Å²) in [4.78, 5) is 35.2. The van der Waals surface area contributed by atoms with Crippen molar-refractivity contribution in [3.63, 3.8) is 0 Å². The van der Waals surface area contributed by atoms with E-state index >= 15 is 0 Å². The van der Waals surface area contributed by atoms with Crippen LogP contribution in [0.25, 0.3) is 0 Å². The van der Waals surface area contributed by atoms with Crippen molar-refractivity contribution >= 4 is 34.9 Å². The molecule has 0 aromatic heterocycles. The van der Waals surface area contributed by atoms with Crippen LogP contribution in [0.15, 0.2) is 24.3 Å². The Labute approximate surface area is 120 Å². The Hall–Kier alpha value is -2.48. The highest BCUT2D eigenvalue weighted by Gasteiger charge is 2.19. The number of nitrogens with two attached hydrogens (primary N) is 3. The average Bonchev–Trinajstić information content (AvgIpc) is 2.36. The summed E-state index contributed by atoms with van der Waals surface area (Å²) < 4.78 is 0. The van der Waals surface area contributed by atoms with Crippen molar-refractivity contribution < 1.29 is 14.4 Å². The molecule has 0 spiro atoms. The minimum atomic E-state index is -0.745. The highest BCUT2D eigenvalue weighted by atomic mass is 32.1. The van der Waals surface area contributed by atoms with Gasteiger partial charge in [0.2, 0.25) is 11.8 Å². The number of hydrogen-bond donors (Lipinski definition) is 3. The Kier molecular flexibility index (Phi) is 5.15. The Morgan fingerprint density at radius 1 is 1.00 bits per heavy atom. The number of primary amides is 2. The number of hydrogen-bond acceptors (Lipinski definition) is 4. The fourth-order valence-electron chi connectivity index (χ4n) is 1.56. The fraction of sp³-hybridized carbons (Fsp3) is 0.167. The molecular weight excluding hydrogens is 280 g/mol. The van der Waals surface area contributed by atoms with Gasteiger partial charge < -0.3 is 22.1 Å². The van der Waals surface area contributed by atoms with Crippen LogP contribution in [0.4, 0.5) is 0 Å². The van der Waals surface area contributed by atoms with Crippen LogP contribution in [-0.2, 0) is 9.59 Å². The molecule has 0 bridgehead atoms. The van der Waals surface area contributed by atoms with Gasteiger partial charge in [-0.3, -0.25) is 14.4 Å².